The van der Waals surface area contributed by atoms with Crippen molar-refractivity contribution < 1.29 is 0 Å². The van der Waals surface area contributed by atoms with Gasteiger partial charge in [0.2, 0.25) is 0 Å². The smallest absolute Gasteiger partial charge is 0.125 e. The van der Waals surface area contributed by atoms with Gasteiger partial charge in [-0.3, -0.25) is 4.98 Å². The zero-order chi connectivity index (χ0) is 10.3. The summed E-state index contributed by atoms with van der Waals surface area (Å²) in [6.45, 7) is 2.01. The monoisotopic (exact) mass is 215 g/mol. The van der Waals surface area contributed by atoms with Gasteiger partial charge in [0, 0.05) is 46.1 Å². The van der Waals surface area contributed by atoms with Crippen molar-refractivity contribution >= 4 is 22.2 Å². The molecule has 3 nitrogen and oxygen atoms in total. The number of aromatic nitrogens is 3. The van der Waals surface area contributed by atoms with Crippen LogP contribution in [0.4, 0.5) is 0 Å². The van der Waals surface area contributed by atoms with Crippen molar-refractivity contribution in [1.29, 1.82) is 0 Å². The van der Waals surface area contributed by atoms with Crippen molar-refractivity contribution in [2.45, 2.75) is 6.92 Å². The van der Waals surface area contributed by atoms with Crippen molar-refractivity contribution in [2.24, 2.45) is 0 Å². The Bertz CT molecular complexity index is 609. The summed E-state index contributed by atoms with van der Waals surface area (Å²) in [6, 6.07) is 1.97. The molecule has 0 aliphatic heterocycles. The molecule has 0 atom stereocenters. The minimum atomic E-state index is 1.05. The van der Waals surface area contributed by atoms with E-state index in [1.54, 1.807) is 17.5 Å². The molecule has 0 amide bonds. The number of nitrogens with zero attached hydrogens (tertiary/aromatic N) is 2. The predicted molar refractivity (Wildman–Crippen MR) is 61.9 cm³/mol. The van der Waals surface area contributed by atoms with Crippen LogP contribution in [0.15, 0.2) is 30.0 Å². The van der Waals surface area contributed by atoms with Crippen LogP contribution in [0.5, 0.6) is 0 Å². The number of H-pyrrole nitrogens is 1. The zero-order valence-electron chi connectivity index (χ0n) is 8.19. The van der Waals surface area contributed by atoms with Crippen molar-refractivity contribution in [1.82, 2.24) is 15.0 Å². The molecule has 0 saturated carbocycles. The molecule has 3 rings (SSSR count). The van der Waals surface area contributed by atoms with E-state index in [-0.39, 0.29) is 0 Å². The summed E-state index contributed by atoms with van der Waals surface area (Å²) < 4.78 is 0. The maximum atomic E-state index is 4.47. The Balaban J connectivity index is 2.27. The van der Waals surface area contributed by atoms with Gasteiger partial charge in [-0.05, 0) is 13.0 Å². The number of hydrogen-bond acceptors (Lipinski definition) is 3. The SMILES string of the molecule is Cc1csc(-c2c[nH]c3ccncc23)n1. The second kappa shape index (κ2) is 3.17. The molecule has 3 aromatic heterocycles. The lowest BCUT2D eigenvalue weighted by atomic mass is 10.2. The highest BCUT2D eigenvalue weighted by atomic mass is 32.1. The Morgan fingerprint density at radius 2 is 2.33 bits per heavy atom. The number of aryl methyl sites for hydroxylation is 1. The van der Waals surface area contributed by atoms with Crippen molar-refractivity contribution in [3.05, 3.63) is 35.7 Å². The number of hydrogen-bond donors (Lipinski definition) is 1. The summed E-state index contributed by atoms with van der Waals surface area (Å²) >= 11 is 1.66. The Morgan fingerprint density at radius 3 is 3.13 bits per heavy atom. The quantitative estimate of drug-likeness (QED) is 0.678. The summed E-state index contributed by atoms with van der Waals surface area (Å²) in [5, 5.41) is 4.24. The summed E-state index contributed by atoms with van der Waals surface area (Å²) in [5.41, 5.74) is 3.30. The second-order valence-electron chi connectivity index (χ2n) is 3.42. The molecule has 0 bridgehead atoms. The number of fused-ring (bicyclic) bond motifs is 1. The lowest BCUT2D eigenvalue weighted by molar-refractivity contribution is 1.27. The molecular weight excluding hydrogens is 206 g/mol. The fraction of sp³-hybridized carbons (Fsp3) is 0.0909. The van der Waals surface area contributed by atoms with Crippen LogP contribution in [0.2, 0.25) is 0 Å². The van der Waals surface area contributed by atoms with Gasteiger partial charge in [0.1, 0.15) is 5.01 Å². The summed E-state index contributed by atoms with van der Waals surface area (Å²) in [4.78, 5) is 11.8. The highest BCUT2D eigenvalue weighted by molar-refractivity contribution is 7.13. The second-order valence-corrected chi connectivity index (χ2v) is 4.28. The lowest BCUT2D eigenvalue weighted by Gasteiger charge is -1.91. The molecule has 4 heteroatoms. The number of aromatic amines is 1. The third-order valence-corrected chi connectivity index (χ3v) is 3.33. The third kappa shape index (κ3) is 1.34. The fourth-order valence-electron chi connectivity index (χ4n) is 1.62. The number of nitrogens with one attached hydrogen (secondary N) is 1. The minimum Gasteiger partial charge on any atom is -0.360 e. The zero-order valence-corrected chi connectivity index (χ0v) is 9.01. The fourth-order valence-corrected chi connectivity index (χ4v) is 2.44. The first kappa shape index (κ1) is 8.61. The topological polar surface area (TPSA) is 41.6 Å². The van der Waals surface area contributed by atoms with E-state index < -0.39 is 0 Å². The lowest BCUT2D eigenvalue weighted by Crippen LogP contribution is -1.75. The standard InChI is InChI=1S/C11H9N3S/c1-7-6-15-11(14-7)9-5-13-10-2-3-12-4-8(9)10/h2-6,13H,1H3. The summed E-state index contributed by atoms with van der Waals surface area (Å²) in [5.74, 6) is 0. The summed E-state index contributed by atoms with van der Waals surface area (Å²) in [7, 11) is 0. The van der Waals surface area contributed by atoms with E-state index in [9.17, 15) is 0 Å². The molecule has 0 unspecified atom stereocenters. The molecule has 74 valence electrons. The average molecular weight is 215 g/mol. The van der Waals surface area contributed by atoms with E-state index in [0.29, 0.717) is 0 Å². The van der Waals surface area contributed by atoms with E-state index >= 15 is 0 Å². The summed E-state index contributed by atoms with van der Waals surface area (Å²) in [6.07, 6.45) is 5.65. The Hall–Kier alpha value is -1.68. The van der Waals surface area contributed by atoms with Crippen LogP contribution < -0.4 is 0 Å². The van der Waals surface area contributed by atoms with Gasteiger partial charge in [0.15, 0.2) is 0 Å². The molecule has 0 fully saturated rings. The normalized spacial score (nSPS) is 11.0. The molecule has 0 aromatic carbocycles. The number of rotatable bonds is 1. The molecule has 0 aliphatic carbocycles. The Kier molecular flexibility index (Phi) is 1.82. The van der Waals surface area contributed by atoms with Crippen LogP contribution in [-0.2, 0) is 0 Å². The van der Waals surface area contributed by atoms with Crippen LogP contribution in [0.3, 0.4) is 0 Å². The minimum absolute atomic E-state index is 1.05. The van der Waals surface area contributed by atoms with Gasteiger partial charge in [0.05, 0.1) is 0 Å². The van der Waals surface area contributed by atoms with Crippen LogP contribution in [0.25, 0.3) is 21.5 Å². The number of thiazole rings is 1. The van der Waals surface area contributed by atoms with Crippen LogP contribution in [-0.4, -0.2) is 15.0 Å². The van der Waals surface area contributed by atoms with Gasteiger partial charge in [-0.25, -0.2) is 4.98 Å². The van der Waals surface area contributed by atoms with Crippen LogP contribution in [0, 0.1) is 6.92 Å². The van der Waals surface area contributed by atoms with E-state index in [1.165, 1.54) is 0 Å². The Morgan fingerprint density at radius 1 is 1.40 bits per heavy atom. The molecule has 1 N–H and O–H groups in total. The molecular formula is C11H9N3S. The first-order chi connectivity index (χ1) is 7.34. The first-order valence-corrected chi connectivity index (χ1v) is 5.56. The largest absolute Gasteiger partial charge is 0.360 e. The van der Waals surface area contributed by atoms with Gasteiger partial charge in [-0.15, -0.1) is 11.3 Å². The molecule has 0 spiro atoms. The maximum absolute atomic E-state index is 4.47. The molecule has 0 aliphatic rings. The van der Waals surface area contributed by atoms with Crippen molar-refractivity contribution in [3.8, 4) is 10.6 Å². The van der Waals surface area contributed by atoms with E-state index in [0.717, 1.165) is 27.2 Å². The first-order valence-electron chi connectivity index (χ1n) is 4.68. The maximum Gasteiger partial charge on any atom is 0.125 e. The molecule has 15 heavy (non-hydrogen) atoms. The van der Waals surface area contributed by atoms with Gasteiger partial charge < -0.3 is 4.98 Å². The van der Waals surface area contributed by atoms with Crippen LogP contribution >= 0.6 is 11.3 Å². The molecule has 3 aromatic rings. The Labute approximate surface area is 90.8 Å². The van der Waals surface area contributed by atoms with Gasteiger partial charge in [0.25, 0.3) is 0 Å². The van der Waals surface area contributed by atoms with Crippen molar-refractivity contribution in [2.75, 3.05) is 0 Å². The van der Waals surface area contributed by atoms with Gasteiger partial charge >= 0.3 is 0 Å². The van der Waals surface area contributed by atoms with E-state index in [1.807, 2.05) is 25.4 Å². The molecule has 0 radical (unpaired) electrons. The van der Waals surface area contributed by atoms with Gasteiger partial charge in [-0.2, -0.15) is 0 Å². The molecule has 3 heterocycles. The van der Waals surface area contributed by atoms with Gasteiger partial charge in [-0.1, -0.05) is 0 Å². The predicted octanol–water partition coefficient (Wildman–Crippen LogP) is 2.99. The van der Waals surface area contributed by atoms with E-state index in [4.69, 9.17) is 0 Å². The number of pyridine rings is 1. The van der Waals surface area contributed by atoms with Crippen LogP contribution in [0.1, 0.15) is 5.69 Å². The highest BCUT2D eigenvalue weighted by Gasteiger charge is 2.08. The average Bonchev–Trinajstić information content (AvgIpc) is 2.83. The van der Waals surface area contributed by atoms with Crippen molar-refractivity contribution in [3.63, 3.8) is 0 Å². The highest BCUT2D eigenvalue weighted by Crippen LogP contribution is 2.29. The van der Waals surface area contributed by atoms with E-state index in [2.05, 4.69) is 20.3 Å². The molecule has 0 saturated heterocycles. The third-order valence-electron chi connectivity index (χ3n) is 2.33.